The molecular weight excluding hydrogens is 634 g/mol. The van der Waals surface area contributed by atoms with Crippen molar-refractivity contribution in [3.63, 3.8) is 0 Å². The first-order valence-corrected chi connectivity index (χ1v) is 16.2. The Hall–Kier alpha value is -5.00. The maximum atomic E-state index is 13.6. The van der Waals surface area contributed by atoms with Crippen LogP contribution in [0.5, 0.6) is 0 Å². The Bertz CT molecular complexity index is 1930. The standard InChI is InChI=1S/C36H38ClN5O6/c1-19-13-27-30(40-18-28(32(27)43)36(47)48)16-26(19)22-7-3-20(4-8-22)14-31(42-33(44)23-9-5-21(17-38)6-10-23)35(46)41-24-11-12-25(29(37)15-24)34(45)39-2/h3-4,7-8,11-13,15-16,18,21,23,31H,5-6,9-10,14,17,38H2,1-2H3,(H,39,45)(H,40,43)(H,41,46)(H,42,44)(H,47,48)/t21-,23-,31-/m0/s1. The van der Waals surface area contributed by atoms with Crippen LogP contribution in [0.4, 0.5) is 5.69 Å². The number of nitrogens with two attached hydrogens (primary N) is 1. The molecular formula is C36H38ClN5O6. The normalized spacial score (nSPS) is 16.6. The quantitative estimate of drug-likeness (QED) is 0.142. The second kappa shape index (κ2) is 14.8. The Labute approximate surface area is 282 Å². The SMILES string of the molecule is CNC(=O)c1ccc(NC(=O)[C@H](Cc2ccc(-c3cc4[nH]cc(C(=O)O)c(=O)c4cc3C)cc2)NC(=O)[C@H]2CC[C@H](CN)CC2)cc1Cl. The number of amides is 3. The summed E-state index contributed by atoms with van der Waals surface area (Å²) in [6, 6.07) is 14.7. The predicted octanol–water partition coefficient (Wildman–Crippen LogP) is 4.65. The molecule has 1 aliphatic carbocycles. The van der Waals surface area contributed by atoms with Gasteiger partial charge in [-0.2, -0.15) is 0 Å². The molecule has 3 amide bonds. The van der Waals surface area contributed by atoms with Gasteiger partial charge in [0.15, 0.2) is 0 Å². The first-order chi connectivity index (χ1) is 23.0. The van der Waals surface area contributed by atoms with Gasteiger partial charge in [0.05, 0.1) is 10.6 Å². The maximum Gasteiger partial charge on any atom is 0.341 e. The number of aromatic carboxylic acids is 1. The third-order valence-electron chi connectivity index (χ3n) is 9.05. The lowest BCUT2D eigenvalue weighted by Gasteiger charge is -2.28. The predicted molar refractivity (Wildman–Crippen MR) is 185 cm³/mol. The van der Waals surface area contributed by atoms with Crippen LogP contribution in [0.2, 0.25) is 5.02 Å². The van der Waals surface area contributed by atoms with Gasteiger partial charge in [0.1, 0.15) is 11.6 Å². The lowest BCUT2D eigenvalue weighted by atomic mass is 9.81. The lowest BCUT2D eigenvalue weighted by Crippen LogP contribution is -2.48. The number of hydrogen-bond donors (Lipinski definition) is 6. The fourth-order valence-electron chi connectivity index (χ4n) is 6.20. The van der Waals surface area contributed by atoms with Gasteiger partial charge in [-0.1, -0.05) is 35.9 Å². The second-order valence-corrected chi connectivity index (χ2v) is 12.6. The van der Waals surface area contributed by atoms with E-state index < -0.39 is 23.3 Å². The van der Waals surface area contributed by atoms with E-state index in [0.717, 1.165) is 35.1 Å². The van der Waals surface area contributed by atoms with Crippen LogP contribution in [-0.2, 0) is 16.0 Å². The zero-order valence-corrected chi connectivity index (χ0v) is 27.4. The van der Waals surface area contributed by atoms with Crippen molar-refractivity contribution in [1.29, 1.82) is 0 Å². The molecule has 0 unspecified atom stereocenters. The number of aromatic amines is 1. The molecule has 0 spiro atoms. The van der Waals surface area contributed by atoms with E-state index in [9.17, 15) is 29.1 Å². The molecule has 0 aliphatic heterocycles. The van der Waals surface area contributed by atoms with E-state index >= 15 is 0 Å². The molecule has 3 aromatic carbocycles. The summed E-state index contributed by atoms with van der Waals surface area (Å²) < 4.78 is 0. The summed E-state index contributed by atoms with van der Waals surface area (Å²) in [6.45, 7) is 2.44. The fourth-order valence-corrected chi connectivity index (χ4v) is 6.47. The topological polar surface area (TPSA) is 183 Å². The number of hydrogen-bond acceptors (Lipinski definition) is 6. The Kier molecular flexibility index (Phi) is 10.6. The van der Waals surface area contributed by atoms with E-state index in [4.69, 9.17) is 17.3 Å². The maximum absolute atomic E-state index is 13.6. The van der Waals surface area contributed by atoms with E-state index in [1.807, 2.05) is 37.3 Å². The van der Waals surface area contributed by atoms with Gasteiger partial charge in [-0.05, 0) is 97.7 Å². The highest BCUT2D eigenvalue weighted by molar-refractivity contribution is 6.34. The number of rotatable bonds is 10. The van der Waals surface area contributed by atoms with E-state index in [1.54, 1.807) is 12.1 Å². The molecule has 1 heterocycles. The first kappa shape index (κ1) is 34.3. The second-order valence-electron chi connectivity index (χ2n) is 12.2. The van der Waals surface area contributed by atoms with Gasteiger partial charge in [0.25, 0.3) is 5.91 Å². The minimum Gasteiger partial charge on any atom is -0.477 e. The molecule has 1 atom stereocenters. The van der Waals surface area contributed by atoms with Gasteiger partial charge >= 0.3 is 5.97 Å². The van der Waals surface area contributed by atoms with E-state index in [-0.39, 0.29) is 40.3 Å². The number of aromatic nitrogens is 1. The van der Waals surface area contributed by atoms with E-state index in [2.05, 4.69) is 20.9 Å². The number of benzene rings is 3. The largest absolute Gasteiger partial charge is 0.477 e. The van der Waals surface area contributed by atoms with Crippen LogP contribution in [-0.4, -0.2) is 53.4 Å². The molecule has 7 N–H and O–H groups in total. The highest BCUT2D eigenvalue weighted by atomic mass is 35.5. The van der Waals surface area contributed by atoms with Gasteiger partial charge in [0.2, 0.25) is 17.2 Å². The summed E-state index contributed by atoms with van der Waals surface area (Å²) in [5, 5.41) is 18.1. The number of nitrogens with one attached hydrogen (secondary N) is 4. The van der Waals surface area contributed by atoms with Crippen LogP contribution >= 0.6 is 11.6 Å². The zero-order chi connectivity index (χ0) is 34.5. The van der Waals surface area contributed by atoms with Crippen molar-refractivity contribution in [3.8, 4) is 11.1 Å². The summed E-state index contributed by atoms with van der Waals surface area (Å²) in [4.78, 5) is 66.1. The van der Waals surface area contributed by atoms with Crippen molar-refractivity contribution in [2.75, 3.05) is 18.9 Å². The minimum absolute atomic E-state index is 0.176. The Balaban J connectivity index is 1.37. The number of carboxylic acids is 1. The third-order valence-corrected chi connectivity index (χ3v) is 9.37. The van der Waals surface area contributed by atoms with Crippen molar-refractivity contribution in [2.45, 2.75) is 45.1 Å². The average Bonchev–Trinajstić information content (AvgIpc) is 3.08. The lowest BCUT2D eigenvalue weighted by molar-refractivity contribution is -0.130. The molecule has 1 fully saturated rings. The average molecular weight is 672 g/mol. The van der Waals surface area contributed by atoms with Crippen molar-refractivity contribution >= 4 is 51.9 Å². The van der Waals surface area contributed by atoms with Crippen LogP contribution in [0, 0.1) is 18.8 Å². The van der Waals surface area contributed by atoms with Gasteiger partial charge < -0.3 is 31.8 Å². The molecule has 0 saturated heterocycles. The molecule has 11 nitrogen and oxygen atoms in total. The molecule has 48 heavy (non-hydrogen) atoms. The summed E-state index contributed by atoms with van der Waals surface area (Å²) in [5.41, 5.74) is 9.42. The zero-order valence-electron chi connectivity index (χ0n) is 26.7. The monoisotopic (exact) mass is 671 g/mol. The summed E-state index contributed by atoms with van der Waals surface area (Å²) in [6.07, 6.45) is 4.56. The minimum atomic E-state index is -1.29. The molecule has 4 aromatic rings. The molecule has 1 aromatic heterocycles. The van der Waals surface area contributed by atoms with Gasteiger partial charge in [-0.3, -0.25) is 19.2 Å². The number of carboxylic acid groups (broad SMARTS) is 1. The van der Waals surface area contributed by atoms with Crippen LogP contribution in [0.1, 0.15) is 57.5 Å². The van der Waals surface area contributed by atoms with Crippen LogP contribution < -0.4 is 27.1 Å². The first-order valence-electron chi connectivity index (χ1n) is 15.8. The van der Waals surface area contributed by atoms with Crippen LogP contribution in [0.3, 0.4) is 0 Å². The van der Waals surface area contributed by atoms with Gasteiger partial charge in [-0.15, -0.1) is 0 Å². The number of pyridine rings is 1. The van der Waals surface area contributed by atoms with Crippen molar-refractivity contribution < 1.29 is 24.3 Å². The number of anilines is 1. The summed E-state index contributed by atoms with van der Waals surface area (Å²) in [7, 11) is 1.50. The third kappa shape index (κ3) is 7.58. The Morgan fingerprint density at radius 2 is 1.71 bits per heavy atom. The highest BCUT2D eigenvalue weighted by Gasteiger charge is 2.29. The number of carbonyl (C=O) groups is 4. The number of fused-ring (bicyclic) bond motifs is 1. The van der Waals surface area contributed by atoms with Crippen molar-refractivity contribution in [1.82, 2.24) is 15.6 Å². The summed E-state index contributed by atoms with van der Waals surface area (Å²) in [5.74, 6) is -2.05. The molecule has 1 saturated carbocycles. The molecule has 1 aliphatic rings. The molecule has 12 heteroatoms. The van der Waals surface area contributed by atoms with Gasteiger partial charge in [0, 0.05) is 42.2 Å². The molecule has 250 valence electrons. The highest BCUT2D eigenvalue weighted by Crippen LogP contribution is 2.30. The van der Waals surface area contributed by atoms with Crippen LogP contribution in [0.15, 0.2) is 65.6 Å². The van der Waals surface area contributed by atoms with Crippen LogP contribution in [0.25, 0.3) is 22.0 Å². The number of aryl methyl sites for hydroxylation is 1. The summed E-state index contributed by atoms with van der Waals surface area (Å²) >= 11 is 6.31. The fraction of sp³-hybridized carbons (Fsp3) is 0.306. The molecule has 0 bridgehead atoms. The number of carbonyl (C=O) groups excluding carboxylic acids is 3. The van der Waals surface area contributed by atoms with E-state index in [0.29, 0.717) is 41.9 Å². The molecule has 0 radical (unpaired) electrons. The number of halogens is 1. The number of H-pyrrole nitrogens is 1. The van der Waals surface area contributed by atoms with Crippen molar-refractivity contribution in [2.24, 2.45) is 17.6 Å². The van der Waals surface area contributed by atoms with E-state index in [1.165, 1.54) is 25.4 Å². The Morgan fingerprint density at radius 3 is 2.33 bits per heavy atom. The van der Waals surface area contributed by atoms with Gasteiger partial charge in [-0.25, -0.2) is 4.79 Å². The van der Waals surface area contributed by atoms with Crippen molar-refractivity contribution in [3.05, 3.63) is 98.3 Å². The Morgan fingerprint density at radius 1 is 1.00 bits per heavy atom. The smallest absolute Gasteiger partial charge is 0.341 e. The molecule has 5 rings (SSSR count).